The normalized spacial score (nSPS) is 15.8. The summed E-state index contributed by atoms with van der Waals surface area (Å²) < 4.78 is 10.3. The molecule has 1 aliphatic heterocycles. The van der Waals surface area contributed by atoms with E-state index in [2.05, 4.69) is 11.4 Å². The van der Waals surface area contributed by atoms with Gasteiger partial charge in [0.15, 0.2) is 0 Å². The molecule has 0 bridgehead atoms. The van der Waals surface area contributed by atoms with E-state index in [0.717, 1.165) is 30.0 Å². The first-order valence-corrected chi connectivity index (χ1v) is 6.04. The van der Waals surface area contributed by atoms with Crippen LogP contribution in [0.5, 0.6) is 5.75 Å². The molecule has 0 radical (unpaired) electrons. The Labute approximate surface area is 107 Å². The number of carbonyl (C=O) groups excluding carboxylic acids is 1. The molecule has 0 amide bonds. The van der Waals surface area contributed by atoms with Crippen LogP contribution in [0.15, 0.2) is 24.3 Å². The SMILES string of the molecule is CCOC(=O)C=C1NCCc2cccc(OC)c21. The van der Waals surface area contributed by atoms with Crippen molar-refractivity contribution in [3.05, 3.63) is 35.4 Å². The highest BCUT2D eigenvalue weighted by molar-refractivity contribution is 5.92. The van der Waals surface area contributed by atoms with Gasteiger partial charge in [-0.25, -0.2) is 4.79 Å². The van der Waals surface area contributed by atoms with Crippen molar-refractivity contribution in [1.29, 1.82) is 0 Å². The van der Waals surface area contributed by atoms with Gasteiger partial charge in [-0.2, -0.15) is 0 Å². The Balaban J connectivity index is 2.40. The molecule has 0 aliphatic carbocycles. The van der Waals surface area contributed by atoms with Crippen LogP contribution in [0.1, 0.15) is 18.1 Å². The maximum Gasteiger partial charge on any atom is 0.332 e. The molecule has 1 heterocycles. The largest absolute Gasteiger partial charge is 0.496 e. The summed E-state index contributed by atoms with van der Waals surface area (Å²) in [6.45, 7) is 2.98. The number of rotatable bonds is 3. The molecule has 18 heavy (non-hydrogen) atoms. The molecule has 96 valence electrons. The molecule has 2 rings (SSSR count). The predicted octanol–water partition coefficient (Wildman–Crippen LogP) is 1.74. The van der Waals surface area contributed by atoms with E-state index in [1.54, 1.807) is 14.0 Å². The van der Waals surface area contributed by atoms with E-state index in [0.29, 0.717) is 6.61 Å². The first-order chi connectivity index (χ1) is 8.76. The van der Waals surface area contributed by atoms with Crippen LogP contribution >= 0.6 is 0 Å². The van der Waals surface area contributed by atoms with Crippen molar-refractivity contribution < 1.29 is 14.3 Å². The first-order valence-electron chi connectivity index (χ1n) is 6.04. The minimum atomic E-state index is -0.334. The second kappa shape index (κ2) is 5.58. The minimum Gasteiger partial charge on any atom is -0.496 e. The van der Waals surface area contributed by atoms with Crippen molar-refractivity contribution in [3.63, 3.8) is 0 Å². The van der Waals surface area contributed by atoms with Gasteiger partial charge < -0.3 is 14.8 Å². The van der Waals surface area contributed by atoms with Crippen LogP contribution in [0.2, 0.25) is 0 Å². The Morgan fingerprint density at radius 2 is 2.33 bits per heavy atom. The lowest BCUT2D eigenvalue weighted by molar-refractivity contribution is -0.137. The van der Waals surface area contributed by atoms with Crippen molar-refractivity contribution in [2.45, 2.75) is 13.3 Å². The second-order valence-electron chi connectivity index (χ2n) is 3.98. The Kier molecular flexibility index (Phi) is 3.87. The van der Waals surface area contributed by atoms with Gasteiger partial charge in [0, 0.05) is 18.2 Å². The molecule has 0 unspecified atom stereocenters. The van der Waals surface area contributed by atoms with E-state index >= 15 is 0 Å². The third-order valence-electron chi connectivity index (χ3n) is 2.86. The standard InChI is InChI=1S/C14H17NO3/c1-3-18-13(16)9-11-14-10(7-8-15-11)5-4-6-12(14)17-2/h4-6,9,15H,3,7-8H2,1-2H3. The zero-order valence-electron chi connectivity index (χ0n) is 10.7. The number of hydrogen-bond donors (Lipinski definition) is 1. The fraction of sp³-hybridized carbons (Fsp3) is 0.357. The van der Waals surface area contributed by atoms with Gasteiger partial charge in [-0.1, -0.05) is 12.1 Å². The molecule has 1 aliphatic rings. The smallest absolute Gasteiger partial charge is 0.332 e. The number of esters is 1. The number of ether oxygens (including phenoxy) is 2. The van der Waals surface area contributed by atoms with Crippen LogP contribution in [0.4, 0.5) is 0 Å². The van der Waals surface area contributed by atoms with Gasteiger partial charge in [0.05, 0.1) is 19.4 Å². The van der Waals surface area contributed by atoms with E-state index in [-0.39, 0.29) is 5.97 Å². The lowest BCUT2D eigenvalue weighted by atomic mass is 9.97. The number of carbonyl (C=O) groups is 1. The molecule has 0 fully saturated rings. The number of methoxy groups -OCH3 is 1. The third kappa shape index (κ3) is 2.47. The minimum absolute atomic E-state index is 0.334. The van der Waals surface area contributed by atoms with E-state index in [9.17, 15) is 4.79 Å². The van der Waals surface area contributed by atoms with Crippen LogP contribution in [-0.2, 0) is 16.0 Å². The molecular weight excluding hydrogens is 230 g/mol. The van der Waals surface area contributed by atoms with Crippen molar-refractivity contribution in [2.24, 2.45) is 0 Å². The van der Waals surface area contributed by atoms with Gasteiger partial charge in [0.1, 0.15) is 5.75 Å². The van der Waals surface area contributed by atoms with Crippen LogP contribution in [-0.4, -0.2) is 26.2 Å². The average molecular weight is 247 g/mol. The number of hydrogen-bond acceptors (Lipinski definition) is 4. The van der Waals surface area contributed by atoms with Crippen LogP contribution in [0.3, 0.4) is 0 Å². The summed E-state index contributed by atoms with van der Waals surface area (Å²) in [5.41, 5.74) is 2.91. The van der Waals surface area contributed by atoms with Crippen molar-refractivity contribution in [3.8, 4) is 5.75 Å². The van der Waals surface area contributed by atoms with Gasteiger partial charge in [-0.3, -0.25) is 0 Å². The van der Waals surface area contributed by atoms with Crippen LogP contribution in [0, 0.1) is 0 Å². The molecule has 1 aromatic rings. The van der Waals surface area contributed by atoms with E-state index < -0.39 is 0 Å². The van der Waals surface area contributed by atoms with Gasteiger partial charge >= 0.3 is 5.97 Å². The summed E-state index contributed by atoms with van der Waals surface area (Å²) in [5, 5.41) is 3.22. The fourth-order valence-corrected chi connectivity index (χ4v) is 2.11. The summed E-state index contributed by atoms with van der Waals surface area (Å²) in [4.78, 5) is 11.5. The maximum absolute atomic E-state index is 11.5. The lowest BCUT2D eigenvalue weighted by Gasteiger charge is -2.23. The van der Waals surface area contributed by atoms with Gasteiger partial charge in [0.25, 0.3) is 0 Å². The number of fused-ring (bicyclic) bond motifs is 1. The quantitative estimate of drug-likeness (QED) is 0.653. The molecule has 4 heteroatoms. The Bertz CT molecular complexity index is 466. The summed E-state index contributed by atoms with van der Waals surface area (Å²) in [7, 11) is 1.63. The van der Waals surface area contributed by atoms with Gasteiger partial charge in [-0.05, 0) is 25.0 Å². The number of nitrogens with one attached hydrogen (secondary N) is 1. The summed E-state index contributed by atoms with van der Waals surface area (Å²) in [6.07, 6.45) is 2.41. The maximum atomic E-state index is 11.5. The molecule has 0 atom stereocenters. The highest BCUT2D eigenvalue weighted by Crippen LogP contribution is 2.31. The summed E-state index contributed by atoms with van der Waals surface area (Å²) in [6, 6.07) is 5.91. The fourth-order valence-electron chi connectivity index (χ4n) is 2.11. The average Bonchev–Trinajstić information content (AvgIpc) is 2.38. The van der Waals surface area contributed by atoms with Crippen LogP contribution < -0.4 is 10.1 Å². The Hall–Kier alpha value is -1.97. The molecule has 0 aromatic heterocycles. The highest BCUT2D eigenvalue weighted by Gasteiger charge is 2.18. The molecule has 0 saturated heterocycles. The number of benzene rings is 1. The van der Waals surface area contributed by atoms with Crippen molar-refractivity contribution in [2.75, 3.05) is 20.3 Å². The van der Waals surface area contributed by atoms with E-state index in [1.165, 1.54) is 11.6 Å². The zero-order chi connectivity index (χ0) is 13.0. The van der Waals surface area contributed by atoms with Crippen molar-refractivity contribution >= 4 is 11.7 Å². The molecule has 1 aromatic carbocycles. The van der Waals surface area contributed by atoms with Gasteiger partial charge in [0.2, 0.25) is 0 Å². The third-order valence-corrected chi connectivity index (χ3v) is 2.86. The monoisotopic (exact) mass is 247 g/mol. The zero-order valence-corrected chi connectivity index (χ0v) is 10.7. The van der Waals surface area contributed by atoms with Crippen LogP contribution in [0.25, 0.3) is 5.70 Å². The van der Waals surface area contributed by atoms with Crippen molar-refractivity contribution in [1.82, 2.24) is 5.32 Å². The molecular formula is C14H17NO3. The van der Waals surface area contributed by atoms with E-state index in [1.807, 2.05) is 12.1 Å². The molecule has 1 N–H and O–H groups in total. The lowest BCUT2D eigenvalue weighted by Crippen LogP contribution is -2.24. The molecule has 0 saturated carbocycles. The van der Waals surface area contributed by atoms with E-state index in [4.69, 9.17) is 9.47 Å². The highest BCUT2D eigenvalue weighted by atomic mass is 16.5. The summed E-state index contributed by atoms with van der Waals surface area (Å²) in [5.74, 6) is 0.439. The topological polar surface area (TPSA) is 47.6 Å². The second-order valence-corrected chi connectivity index (χ2v) is 3.98. The van der Waals surface area contributed by atoms with Gasteiger partial charge in [-0.15, -0.1) is 0 Å². The first kappa shape index (κ1) is 12.5. The molecule has 0 spiro atoms. The summed E-state index contributed by atoms with van der Waals surface area (Å²) >= 11 is 0. The Morgan fingerprint density at radius 1 is 1.50 bits per heavy atom. The molecule has 4 nitrogen and oxygen atoms in total. The Morgan fingerprint density at radius 3 is 3.06 bits per heavy atom. The predicted molar refractivity (Wildman–Crippen MR) is 69.3 cm³/mol.